The highest BCUT2D eigenvalue weighted by Gasteiger charge is 2.64. The first kappa shape index (κ1) is 57.2. The topological polar surface area (TPSA) is 171 Å². The van der Waals surface area contributed by atoms with E-state index >= 15 is 0 Å². The molecule has 6 rings (SSSR count). The van der Waals surface area contributed by atoms with Gasteiger partial charge >= 0.3 is 6.18 Å². The van der Waals surface area contributed by atoms with Crippen LogP contribution in [0.3, 0.4) is 0 Å². The van der Waals surface area contributed by atoms with Crippen LogP contribution in [0.4, 0.5) is 18.9 Å². The number of alkyl halides is 3. The Morgan fingerprint density at radius 1 is 0.959 bits per heavy atom. The highest BCUT2D eigenvalue weighted by Crippen LogP contribution is 2.56. The maximum Gasteiger partial charge on any atom is 0.417 e. The molecule has 19 heteroatoms. The second kappa shape index (κ2) is 23.2. The van der Waals surface area contributed by atoms with Gasteiger partial charge in [-0.05, 0) is 73.1 Å². The molecule has 2 aliphatic rings. The van der Waals surface area contributed by atoms with E-state index in [4.69, 9.17) is 14.2 Å². The third kappa shape index (κ3) is 12.9. The van der Waals surface area contributed by atoms with Crippen molar-refractivity contribution in [3.8, 4) is 22.3 Å². The fourth-order valence-electron chi connectivity index (χ4n) is 10.7. The molecule has 2 aromatic heterocycles. The number of rotatable bonds is 20. The molecule has 400 valence electrons. The summed E-state index contributed by atoms with van der Waals surface area (Å²) >= 11 is 1.58. The number of unbranched alkanes of at least 4 members (excludes halogenated alkanes) is 2. The number of methoxy groups -OCH3 is 1. The van der Waals surface area contributed by atoms with E-state index < -0.39 is 57.8 Å². The minimum absolute atomic E-state index is 0.00955. The van der Waals surface area contributed by atoms with Crippen LogP contribution in [0.15, 0.2) is 66.3 Å². The Morgan fingerprint density at radius 2 is 1.65 bits per heavy atom. The molecule has 2 aromatic carbocycles. The highest BCUT2D eigenvalue weighted by molar-refractivity contribution is 7.13. The summed E-state index contributed by atoms with van der Waals surface area (Å²) in [6.07, 6.45) is -1.30. The second-order valence-electron chi connectivity index (χ2n) is 21.8. The molecule has 2 fully saturated rings. The van der Waals surface area contributed by atoms with Crippen molar-refractivity contribution in [3.63, 3.8) is 0 Å². The number of amides is 4. The first-order valence-corrected chi connectivity index (χ1v) is 25.8. The smallest absolute Gasteiger partial charge is 0.417 e. The Balaban J connectivity index is 0.934. The average molecular weight is 1050 g/mol. The van der Waals surface area contributed by atoms with Gasteiger partial charge in [0.05, 0.1) is 51.3 Å². The summed E-state index contributed by atoms with van der Waals surface area (Å²) in [7, 11) is 6.85. The van der Waals surface area contributed by atoms with Crippen molar-refractivity contribution in [1.29, 1.82) is 5.26 Å². The Bertz CT molecular complexity index is 2650. The Morgan fingerprint density at radius 3 is 2.23 bits per heavy atom. The standard InChI is InChI=1S/C55H71F3N8O7S/c1-34-45(74-33-61-34)36-18-16-35(17-19-36)30-64(10)48(69)43-27-40(71-12)31-66(43)49(70)46(52(2,3)4)65(11)44(67)32-72-25-15-13-14-24-63(9)38-21-23-42(60-29-38)47(68)62-50-53(5,6)51(54(50,7)8)73-39-22-20-37(28-59)41(26-39)55(56,57)58/h16-23,26,29,33,40,43,46,50-51H,13-15,24-25,27,30-32H2,1-12H3,(H,62,68)/t40-,43?,46-,50?,51?/m1/s1. The zero-order valence-corrected chi connectivity index (χ0v) is 45.4. The Kier molecular flexibility index (Phi) is 17.9. The van der Waals surface area contributed by atoms with Gasteiger partial charge in [0, 0.05) is 77.8 Å². The Hall–Kier alpha value is -6.10. The maximum atomic E-state index is 14.5. The summed E-state index contributed by atoms with van der Waals surface area (Å²) in [6, 6.07) is 14.4. The van der Waals surface area contributed by atoms with Crippen LogP contribution in [-0.2, 0) is 36.6 Å². The van der Waals surface area contributed by atoms with Gasteiger partial charge < -0.3 is 39.1 Å². The number of nitrogens with zero attached hydrogens (tertiary/aromatic N) is 7. The lowest BCUT2D eigenvalue weighted by atomic mass is 9.49. The molecule has 4 amide bonds. The first-order chi connectivity index (χ1) is 34.7. The first-order valence-electron chi connectivity index (χ1n) is 24.9. The van der Waals surface area contributed by atoms with Crippen LogP contribution in [-0.4, -0.2) is 133 Å². The van der Waals surface area contributed by atoms with Crippen LogP contribution < -0.4 is 15.0 Å². The number of ether oxygens (including phenoxy) is 3. The third-order valence-electron chi connectivity index (χ3n) is 14.5. The molecule has 1 saturated heterocycles. The van der Waals surface area contributed by atoms with E-state index in [9.17, 15) is 37.6 Å². The lowest BCUT2D eigenvalue weighted by Crippen LogP contribution is -2.74. The van der Waals surface area contributed by atoms with E-state index in [1.54, 1.807) is 60.7 Å². The van der Waals surface area contributed by atoms with E-state index in [0.717, 1.165) is 52.4 Å². The fraction of sp³-hybridized carbons (Fsp3) is 0.545. The number of halogens is 3. The fourth-order valence-corrected chi connectivity index (χ4v) is 11.6. The van der Waals surface area contributed by atoms with Crippen LogP contribution in [0.5, 0.6) is 5.75 Å². The predicted molar refractivity (Wildman–Crippen MR) is 277 cm³/mol. The monoisotopic (exact) mass is 1040 g/mol. The van der Waals surface area contributed by atoms with Gasteiger partial charge in [-0.25, -0.2) is 9.97 Å². The number of nitrogens with one attached hydrogen (secondary N) is 1. The van der Waals surface area contributed by atoms with Gasteiger partial charge in [-0.1, -0.05) is 72.7 Å². The van der Waals surface area contributed by atoms with Crippen LogP contribution >= 0.6 is 11.3 Å². The van der Waals surface area contributed by atoms with Crippen LogP contribution in [0, 0.1) is 34.5 Å². The number of hydrogen-bond acceptors (Lipinski definition) is 12. The van der Waals surface area contributed by atoms with Gasteiger partial charge in [0.2, 0.25) is 17.7 Å². The Labute approximate surface area is 437 Å². The number of carbonyl (C=O) groups excluding carboxylic acids is 4. The number of carbonyl (C=O) groups is 4. The molecule has 1 aliphatic heterocycles. The molecule has 4 aromatic rings. The van der Waals surface area contributed by atoms with Crippen LogP contribution in [0.1, 0.15) is 107 Å². The van der Waals surface area contributed by atoms with Gasteiger partial charge in [0.1, 0.15) is 36.2 Å². The van der Waals surface area contributed by atoms with Crippen molar-refractivity contribution in [2.75, 3.05) is 59.5 Å². The summed E-state index contributed by atoms with van der Waals surface area (Å²) in [4.78, 5) is 72.2. The van der Waals surface area contributed by atoms with Gasteiger partial charge in [0.15, 0.2) is 0 Å². The number of pyridine rings is 1. The average Bonchev–Trinajstić information content (AvgIpc) is 3.99. The molecule has 0 spiro atoms. The van der Waals surface area contributed by atoms with Crippen molar-refractivity contribution >= 4 is 40.7 Å². The van der Waals surface area contributed by atoms with E-state index in [1.165, 1.54) is 11.0 Å². The van der Waals surface area contributed by atoms with Gasteiger partial charge in [-0.2, -0.15) is 18.4 Å². The van der Waals surface area contributed by atoms with E-state index in [0.29, 0.717) is 32.5 Å². The molecule has 1 N–H and O–H groups in total. The number of likely N-dealkylation sites (N-methyl/N-ethyl adjacent to an activating group) is 2. The number of aryl methyl sites for hydroxylation is 1. The SMILES string of the molecule is CO[C@@H]1CC(C(=O)N(C)Cc2ccc(-c3scnc3C)cc2)N(C(=O)[C@@H](N(C)C(=O)COCCCCCN(C)c2ccc(C(=O)NC3C(C)(C)C(Oc4ccc(C#N)c(C(F)(F)F)c4)C3(C)C)nc2)C(C)(C)C)C1. The molecule has 0 radical (unpaired) electrons. The molecule has 0 bridgehead atoms. The number of likely N-dealkylation sites (tertiary alicyclic amines) is 1. The molecule has 74 heavy (non-hydrogen) atoms. The largest absolute Gasteiger partial charge is 0.489 e. The molecular formula is C55H71F3N8O7S. The van der Waals surface area contributed by atoms with Crippen molar-refractivity contribution < 1.29 is 46.6 Å². The zero-order valence-electron chi connectivity index (χ0n) is 44.6. The molecule has 15 nitrogen and oxygen atoms in total. The number of benzene rings is 2. The van der Waals surface area contributed by atoms with E-state index in [1.807, 2.05) is 103 Å². The second-order valence-corrected chi connectivity index (χ2v) is 22.7. The third-order valence-corrected chi connectivity index (χ3v) is 15.4. The molecule has 1 aliphatic carbocycles. The quantitative estimate of drug-likeness (QED) is 0.0840. The van der Waals surface area contributed by atoms with Crippen molar-refractivity contribution in [1.82, 2.24) is 30.0 Å². The lowest BCUT2D eigenvalue weighted by molar-refractivity contribution is -0.164. The minimum atomic E-state index is -4.72. The zero-order chi connectivity index (χ0) is 54.5. The molecule has 1 unspecified atom stereocenters. The minimum Gasteiger partial charge on any atom is -0.489 e. The molecular weight excluding hydrogens is 974 g/mol. The lowest BCUT2D eigenvalue weighted by Gasteiger charge is -2.63. The van der Waals surface area contributed by atoms with Crippen molar-refractivity contribution in [2.45, 2.75) is 124 Å². The maximum absolute atomic E-state index is 14.5. The highest BCUT2D eigenvalue weighted by atomic mass is 32.1. The summed E-state index contributed by atoms with van der Waals surface area (Å²) in [5.41, 5.74) is 2.29. The van der Waals surface area contributed by atoms with E-state index in [2.05, 4.69) is 15.3 Å². The predicted octanol–water partition coefficient (Wildman–Crippen LogP) is 8.79. The number of thiazole rings is 1. The van der Waals surface area contributed by atoms with Crippen LogP contribution in [0.2, 0.25) is 0 Å². The molecule has 3 atom stereocenters. The molecule has 3 heterocycles. The number of nitriles is 1. The number of aromatic nitrogens is 2. The number of hydrogen-bond donors (Lipinski definition) is 1. The molecule has 1 saturated carbocycles. The summed E-state index contributed by atoms with van der Waals surface area (Å²) in [6.45, 7) is 16.6. The van der Waals surface area contributed by atoms with Crippen molar-refractivity contribution in [3.05, 3.63) is 94.4 Å². The summed E-state index contributed by atoms with van der Waals surface area (Å²) < 4.78 is 58.5. The van der Waals surface area contributed by atoms with Crippen molar-refractivity contribution in [2.24, 2.45) is 16.2 Å². The van der Waals surface area contributed by atoms with Gasteiger partial charge in [0.25, 0.3) is 5.91 Å². The normalized spacial score (nSPS) is 19.5. The summed E-state index contributed by atoms with van der Waals surface area (Å²) in [5.74, 6) is -1.26. The van der Waals surface area contributed by atoms with Crippen LogP contribution in [0.25, 0.3) is 10.4 Å². The number of anilines is 1. The van der Waals surface area contributed by atoms with Gasteiger partial charge in [-0.15, -0.1) is 11.3 Å². The van der Waals surface area contributed by atoms with Gasteiger partial charge in [-0.3, -0.25) is 19.2 Å². The summed E-state index contributed by atoms with van der Waals surface area (Å²) in [5, 5.41) is 12.2. The van der Waals surface area contributed by atoms with E-state index in [-0.39, 0.29) is 54.3 Å².